The molecule has 4 heteroatoms. The molecule has 106 valence electrons. The molecule has 0 aromatic rings. The number of rotatable bonds is 2. The third kappa shape index (κ3) is 4.15. The molecular weight excluding hydrogens is 382 g/mol. The van der Waals surface area contributed by atoms with Crippen molar-refractivity contribution in [2.45, 2.75) is 40.8 Å². The van der Waals surface area contributed by atoms with E-state index in [4.69, 9.17) is 17.0 Å². The molecule has 2 aliphatic rings. The van der Waals surface area contributed by atoms with Crippen molar-refractivity contribution < 1.29 is 20.8 Å². The molecule has 2 fully saturated rings. The molecule has 0 atom stereocenters. The summed E-state index contributed by atoms with van der Waals surface area (Å²) in [6.07, 6.45) is 8.92. The van der Waals surface area contributed by atoms with Gasteiger partial charge in [0.1, 0.15) is 0 Å². The predicted octanol–water partition coefficient (Wildman–Crippen LogP) is 5.52. The normalized spacial score (nSPS) is 24.8. The van der Waals surface area contributed by atoms with Crippen LogP contribution in [0, 0.1) is 60.4 Å². The topological polar surface area (TPSA) is 0 Å². The monoisotopic (exact) mass is 402 g/mol. The van der Waals surface area contributed by atoms with Crippen LogP contribution in [0.1, 0.15) is 27.7 Å². The molecule has 0 aromatic heterocycles. The van der Waals surface area contributed by atoms with Crippen molar-refractivity contribution in [3.63, 3.8) is 0 Å². The Morgan fingerprint density at radius 3 is 1.50 bits per heavy atom. The van der Waals surface area contributed by atoms with Gasteiger partial charge >= 0.3 is 37.9 Å². The van der Waals surface area contributed by atoms with Gasteiger partial charge < -0.3 is 0 Å². The molecule has 0 N–H and O–H groups in total. The van der Waals surface area contributed by atoms with Crippen molar-refractivity contribution in [3.8, 4) is 0 Å². The van der Waals surface area contributed by atoms with Crippen molar-refractivity contribution in [1.29, 1.82) is 0 Å². The van der Waals surface area contributed by atoms with Gasteiger partial charge in [-0.3, -0.25) is 0 Å². The molecule has 0 aromatic carbocycles. The number of hydrogen-bond acceptors (Lipinski definition) is 0. The Labute approximate surface area is 146 Å². The number of halogens is 2. The molecule has 0 spiro atoms. The second-order valence-corrected chi connectivity index (χ2v) is 13.8. The third-order valence-electron chi connectivity index (χ3n) is 4.45. The fraction of sp³-hybridized carbons (Fsp3) is 0.375. The van der Waals surface area contributed by atoms with E-state index in [0.717, 1.165) is 0 Å². The molecule has 10 radical (unpaired) electrons. The van der Waals surface area contributed by atoms with Crippen LogP contribution in [0.5, 0.6) is 0 Å². The summed E-state index contributed by atoms with van der Waals surface area (Å²) in [6.45, 7) is 14.0. The fourth-order valence-corrected chi connectivity index (χ4v) is 6.66. The Kier molecular flexibility index (Phi) is 8.39. The first kappa shape index (κ1) is 19.7. The van der Waals surface area contributed by atoms with Crippen LogP contribution in [0.15, 0.2) is 0 Å². The molecule has 0 nitrogen and oxygen atoms in total. The molecule has 2 aliphatic carbocycles. The van der Waals surface area contributed by atoms with E-state index < -0.39 is 28.9 Å². The van der Waals surface area contributed by atoms with E-state index in [9.17, 15) is 0 Å². The second-order valence-electron chi connectivity index (χ2n) is 5.75. The second kappa shape index (κ2) is 8.51. The SMILES string of the molecule is C[C]1[C](C)[C](C)[C]([Si](C)(C)[C]2[CH][CH][CH][CH]2)[C]1C.[Cl][Zr+2][Cl]. The van der Waals surface area contributed by atoms with Gasteiger partial charge in [-0.05, 0) is 60.4 Å². The Balaban J connectivity index is 0.000000612. The van der Waals surface area contributed by atoms with Gasteiger partial charge in [0.2, 0.25) is 0 Å². The van der Waals surface area contributed by atoms with Gasteiger partial charge in [0.15, 0.2) is 0 Å². The average molecular weight is 405 g/mol. The Morgan fingerprint density at radius 2 is 1.15 bits per heavy atom. The van der Waals surface area contributed by atoms with Crippen LogP contribution in [-0.2, 0) is 20.8 Å². The van der Waals surface area contributed by atoms with Gasteiger partial charge in [0, 0.05) is 0 Å². The molecule has 0 heterocycles. The quantitative estimate of drug-likeness (QED) is 0.532. The van der Waals surface area contributed by atoms with Crippen molar-refractivity contribution in [1.82, 2.24) is 0 Å². The maximum absolute atomic E-state index is 4.93. The van der Waals surface area contributed by atoms with E-state index in [0.29, 0.717) is 0 Å². The van der Waals surface area contributed by atoms with Gasteiger partial charge in [-0.1, -0.05) is 40.8 Å². The summed E-state index contributed by atoms with van der Waals surface area (Å²) in [5, 5.41) is 0. The van der Waals surface area contributed by atoms with Crippen LogP contribution in [0.25, 0.3) is 0 Å². The molecule has 2 saturated carbocycles. The van der Waals surface area contributed by atoms with Gasteiger partial charge in [-0.15, -0.1) is 0 Å². The van der Waals surface area contributed by atoms with Crippen LogP contribution in [0.2, 0.25) is 13.1 Å². The summed E-state index contributed by atoms with van der Waals surface area (Å²) in [7, 11) is 8.36. The first-order chi connectivity index (χ1) is 9.28. The zero-order valence-corrected chi connectivity index (χ0v) is 18.0. The Bertz CT molecular complexity index is 278. The first-order valence-electron chi connectivity index (χ1n) is 6.71. The van der Waals surface area contributed by atoms with Gasteiger partial charge in [0.25, 0.3) is 0 Å². The minimum absolute atomic E-state index is 0.826. The van der Waals surface area contributed by atoms with Crippen molar-refractivity contribution in [2.75, 3.05) is 0 Å². The van der Waals surface area contributed by atoms with E-state index >= 15 is 0 Å². The van der Waals surface area contributed by atoms with Crippen LogP contribution in [-0.4, -0.2) is 8.07 Å². The molecule has 0 saturated heterocycles. The molecule has 0 bridgehead atoms. The maximum atomic E-state index is 4.93. The van der Waals surface area contributed by atoms with E-state index in [1.807, 2.05) is 0 Å². The zero-order valence-electron chi connectivity index (χ0n) is 13.1. The number of hydrogen-bond donors (Lipinski definition) is 0. The zero-order chi connectivity index (χ0) is 15.5. The fourth-order valence-electron chi connectivity index (χ4n) is 3.09. The van der Waals surface area contributed by atoms with Gasteiger partial charge in [-0.2, -0.15) is 0 Å². The van der Waals surface area contributed by atoms with Crippen LogP contribution in [0.3, 0.4) is 0 Å². The van der Waals surface area contributed by atoms with E-state index in [-0.39, 0.29) is 0 Å². The van der Waals surface area contributed by atoms with E-state index in [1.54, 1.807) is 11.1 Å². The summed E-state index contributed by atoms with van der Waals surface area (Å²) < 4.78 is 0. The van der Waals surface area contributed by atoms with Crippen LogP contribution >= 0.6 is 17.0 Å². The van der Waals surface area contributed by atoms with E-state index in [2.05, 4.69) is 66.5 Å². The first-order valence-corrected chi connectivity index (χ1v) is 16.0. The summed E-state index contributed by atoms with van der Waals surface area (Å²) in [4.78, 5) is 0. The standard InChI is InChI=1S/C16H22Si.2ClH.Zr/c1-11-12(2)14(4)16(13(11)3)17(5,6)15-9-7-8-10-15;;;/h7-10H,1-6H3;2*1H;/q;;;+4/p-2. The minimum atomic E-state index is -1.50. The van der Waals surface area contributed by atoms with Crippen molar-refractivity contribution in [3.05, 3.63) is 60.4 Å². The predicted molar refractivity (Wildman–Crippen MR) is 88.5 cm³/mol. The molecular formula is C16H22Cl2SiZr+2. The van der Waals surface area contributed by atoms with Crippen molar-refractivity contribution >= 4 is 25.1 Å². The van der Waals surface area contributed by atoms with Gasteiger partial charge in [-0.25, -0.2) is 0 Å². The summed E-state index contributed by atoms with van der Waals surface area (Å²) in [5.41, 5.74) is 3.20. The van der Waals surface area contributed by atoms with Crippen LogP contribution in [0.4, 0.5) is 0 Å². The molecule has 0 amide bonds. The van der Waals surface area contributed by atoms with Gasteiger partial charge in [0.05, 0.1) is 8.07 Å². The summed E-state index contributed by atoms with van der Waals surface area (Å²) in [6, 6.07) is 0. The molecule has 2 rings (SSSR count). The Morgan fingerprint density at radius 1 is 0.800 bits per heavy atom. The van der Waals surface area contributed by atoms with E-state index in [1.165, 1.54) is 23.7 Å². The average Bonchev–Trinajstić information content (AvgIpc) is 2.97. The summed E-state index contributed by atoms with van der Waals surface area (Å²) in [5.74, 6) is 6.03. The molecule has 20 heavy (non-hydrogen) atoms. The third-order valence-corrected chi connectivity index (χ3v) is 8.22. The Hall–Kier alpha value is 1.68. The van der Waals surface area contributed by atoms with Crippen LogP contribution < -0.4 is 0 Å². The van der Waals surface area contributed by atoms with Crippen molar-refractivity contribution in [2.24, 2.45) is 0 Å². The molecule has 0 aliphatic heterocycles. The summed E-state index contributed by atoms with van der Waals surface area (Å²) >= 11 is -0.826. The molecule has 0 unspecified atom stereocenters.